The lowest BCUT2D eigenvalue weighted by atomic mass is 9.83. The number of piperidine rings is 3. The predicted molar refractivity (Wildman–Crippen MR) is 92.1 cm³/mol. The molecule has 3 aliphatic rings. The van der Waals surface area contributed by atoms with Crippen molar-refractivity contribution < 1.29 is 14.6 Å². The van der Waals surface area contributed by atoms with Crippen molar-refractivity contribution in [2.24, 2.45) is 5.92 Å². The number of aliphatic hydroxyl groups excluding tert-OH is 1. The summed E-state index contributed by atoms with van der Waals surface area (Å²) in [5, 5.41) is 11.0. The third kappa shape index (κ3) is 3.29. The normalized spacial score (nSPS) is 25.0. The molecule has 1 N–H and O–H groups in total. The van der Waals surface area contributed by atoms with Gasteiger partial charge >= 0.3 is 0 Å². The molecule has 0 aliphatic carbocycles. The van der Waals surface area contributed by atoms with Gasteiger partial charge in [-0.15, -0.1) is 0 Å². The van der Waals surface area contributed by atoms with Crippen molar-refractivity contribution in [3.8, 4) is 11.5 Å². The minimum atomic E-state index is -0.376. The molecule has 23 heavy (non-hydrogen) atoms. The molecule has 0 amide bonds. The van der Waals surface area contributed by atoms with Gasteiger partial charge in [-0.2, -0.15) is 0 Å². The maximum absolute atomic E-state index is 10.5. The molecule has 3 fully saturated rings. The molecule has 3 heterocycles. The van der Waals surface area contributed by atoms with Crippen LogP contribution in [0.1, 0.15) is 32.3 Å². The zero-order chi connectivity index (χ0) is 16.4. The lowest BCUT2D eigenvalue weighted by Gasteiger charge is -2.46. The smallest absolute Gasteiger partial charge is 0.179 e. The first-order valence-electron chi connectivity index (χ1n) is 8.37. The summed E-state index contributed by atoms with van der Waals surface area (Å²) in [5.74, 6) is 1.62. The first kappa shape index (κ1) is 16.5. The lowest BCUT2D eigenvalue weighted by molar-refractivity contribution is 0.0215. The summed E-state index contributed by atoms with van der Waals surface area (Å²) < 4.78 is 11.3. The Morgan fingerprint density at radius 1 is 1.22 bits per heavy atom. The summed E-state index contributed by atoms with van der Waals surface area (Å²) >= 11 is 6.37. The van der Waals surface area contributed by atoms with Crippen molar-refractivity contribution in [3.05, 3.63) is 28.4 Å². The zero-order valence-corrected chi connectivity index (χ0v) is 14.5. The Bertz CT molecular complexity index is 590. The maximum atomic E-state index is 10.5. The fourth-order valence-corrected chi connectivity index (χ4v) is 3.74. The van der Waals surface area contributed by atoms with Gasteiger partial charge in [0.1, 0.15) is 0 Å². The molecule has 126 valence electrons. The number of aliphatic hydroxyl groups is 1. The summed E-state index contributed by atoms with van der Waals surface area (Å²) in [6, 6.07) is 3.81. The van der Waals surface area contributed by atoms with Crippen LogP contribution in [-0.2, 0) is 0 Å². The van der Waals surface area contributed by atoms with Crippen LogP contribution >= 0.6 is 11.6 Å². The first-order chi connectivity index (χ1) is 11.1. The molecule has 0 radical (unpaired) electrons. The third-order valence-corrected chi connectivity index (χ3v) is 4.87. The van der Waals surface area contributed by atoms with Crippen LogP contribution in [-0.4, -0.2) is 42.4 Å². The summed E-state index contributed by atoms with van der Waals surface area (Å²) in [4.78, 5) is 2.27. The van der Waals surface area contributed by atoms with E-state index in [-0.39, 0.29) is 6.10 Å². The van der Waals surface area contributed by atoms with Crippen molar-refractivity contribution in [1.82, 2.24) is 4.90 Å². The topological polar surface area (TPSA) is 41.9 Å². The maximum Gasteiger partial charge on any atom is 0.179 e. The number of nitrogens with zero attached hydrogens (tertiary/aromatic N) is 1. The molecule has 0 unspecified atom stereocenters. The van der Waals surface area contributed by atoms with Gasteiger partial charge < -0.3 is 19.5 Å². The van der Waals surface area contributed by atoms with Gasteiger partial charge in [-0.25, -0.2) is 0 Å². The van der Waals surface area contributed by atoms with E-state index in [4.69, 9.17) is 21.1 Å². The minimum absolute atomic E-state index is 0.376. The molecular weight excluding hydrogens is 314 g/mol. The molecule has 1 aromatic rings. The van der Waals surface area contributed by atoms with Crippen molar-refractivity contribution in [1.29, 1.82) is 0 Å². The number of halogens is 1. The number of hydrogen-bond donors (Lipinski definition) is 1. The van der Waals surface area contributed by atoms with Gasteiger partial charge in [0.05, 0.1) is 24.3 Å². The van der Waals surface area contributed by atoms with Gasteiger partial charge in [0.15, 0.2) is 11.5 Å². The van der Waals surface area contributed by atoms with Crippen LogP contribution in [0.2, 0.25) is 5.02 Å². The molecule has 1 aromatic carbocycles. The van der Waals surface area contributed by atoms with E-state index in [1.807, 2.05) is 32.1 Å². The number of fused-ring (bicyclic) bond motifs is 3. The number of rotatable bonds is 5. The molecule has 3 aliphatic heterocycles. The Hall–Kier alpha value is -1.39. The summed E-state index contributed by atoms with van der Waals surface area (Å²) in [7, 11) is 0. The van der Waals surface area contributed by atoms with Gasteiger partial charge in [-0.1, -0.05) is 11.6 Å². The van der Waals surface area contributed by atoms with Gasteiger partial charge in [0, 0.05) is 18.8 Å². The van der Waals surface area contributed by atoms with Crippen LogP contribution in [0, 0.1) is 5.92 Å². The Morgan fingerprint density at radius 2 is 1.91 bits per heavy atom. The van der Waals surface area contributed by atoms with Crippen molar-refractivity contribution in [2.45, 2.75) is 32.8 Å². The van der Waals surface area contributed by atoms with Crippen LogP contribution in [0.25, 0.3) is 6.08 Å². The molecule has 4 nitrogen and oxygen atoms in total. The molecule has 2 bridgehead atoms. The summed E-state index contributed by atoms with van der Waals surface area (Å²) in [6.07, 6.45) is 3.80. The van der Waals surface area contributed by atoms with Gasteiger partial charge in [-0.3, -0.25) is 0 Å². The average molecular weight is 338 g/mol. The summed E-state index contributed by atoms with van der Waals surface area (Å²) in [6.45, 7) is 6.99. The van der Waals surface area contributed by atoms with Gasteiger partial charge in [0.25, 0.3) is 0 Å². The average Bonchev–Trinajstić information content (AvgIpc) is 2.55. The van der Waals surface area contributed by atoms with Crippen molar-refractivity contribution >= 4 is 17.7 Å². The van der Waals surface area contributed by atoms with Crippen LogP contribution in [0.3, 0.4) is 0 Å². The molecule has 3 saturated heterocycles. The van der Waals surface area contributed by atoms with Crippen LogP contribution in [0.5, 0.6) is 11.5 Å². The number of hydrogen-bond acceptors (Lipinski definition) is 4. The fourth-order valence-electron chi connectivity index (χ4n) is 3.47. The Morgan fingerprint density at radius 3 is 2.52 bits per heavy atom. The molecular formula is C18H24ClNO3. The second kappa shape index (κ2) is 7.02. The minimum Gasteiger partial charge on any atom is -0.490 e. The highest BCUT2D eigenvalue weighted by atomic mass is 35.5. The Kier molecular flexibility index (Phi) is 5.02. The quantitative estimate of drug-likeness (QED) is 0.892. The highest BCUT2D eigenvalue weighted by molar-refractivity contribution is 6.32. The zero-order valence-electron chi connectivity index (χ0n) is 13.7. The van der Waals surface area contributed by atoms with E-state index in [2.05, 4.69) is 4.90 Å². The van der Waals surface area contributed by atoms with Crippen LogP contribution in [0.15, 0.2) is 17.8 Å². The fraction of sp³-hybridized carbons (Fsp3) is 0.556. The van der Waals surface area contributed by atoms with E-state index in [0.29, 0.717) is 35.7 Å². The largest absolute Gasteiger partial charge is 0.490 e. The Balaban J connectivity index is 1.95. The van der Waals surface area contributed by atoms with Gasteiger partial charge in [0.2, 0.25) is 0 Å². The molecule has 1 atom stereocenters. The molecule has 5 heteroatoms. The third-order valence-electron chi connectivity index (χ3n) is 4.59. The van der Waals surface area contributed by atoms with Crippen molar-refractivity contribution in [3.63, 3.8) is 0 Å². The Labute approximate surface area is 142 Å². The SMILES string of the molecule is CCOc1cc(/C=C2/[C@H](O)C3CCN2CC3)cc(Cl)c1OCC. The number of benzene rings is 1. The molecule has 4 rings (SSSR count). The van der Waals surface area contributed by atoms with Crippen LogP contribution < -0.4 is 9.47 Å². The molecule has 0 saturated carbocycles. The van der Waals surface area contributed by atoms with E-state index < -0.39 is 0 Å². The van der Waals surface area contributed by atoms with E-state index in [1.165, 1.54) is 0 Å². The lowest BCUT2D eigenvalue weighted by Crippen LogP contribution is -2.48. The first-order valence-corrected chi connectivity index (χ1v) is 8.75. The van der Waals surface area contributed by atoms with E-state index in [1.54, 1.807) is 0 Å². The van der Waals surface area contributed by atoms with Gasteiger partial charge in [-0.05, 0) is 56.4 Å². The second-order valence-electron chi connectivity index (χ2n) is 6.03. The molecule has 0 aromatic heterocycles. The second-order valence-corrected chi connectivity index (χ2v) is 6.44. The van der Waals surface area contributed by atoms with E-state index >= 15 is 0 Å². The van der Waals surface area contributed by atoms with E-state index in [9.17, 15) is 5.11 Å². The standard InChI is InChI=1S/C18H24ClNO3/c1-3-22-16-11-12(9-14(19)18(16)23-4-2)10-15-17(21)13-5-7-20(15)8-6-13/h9-11,13,17,21H,3-8H2,1-2H3/b15-10-/t17-/m1/s1. The monoisotopic (exact) mass is 337 g/mol. The van der Waals surface area contributed by atoms with E-state index in [0.717, 1.165) is 37.2 Å². The van der Waals surface area contributed by atoms with Crippen LogP contribution in [0.4, 0.5) is 0 Å². The predicted octanol–water partition coefficient (Wildman–Crippen LogP) is 3.56. The van der Waals surface area contributed by atoms with Crippen molar-refractivity contribution in [2.75, 3.05) is 26.3 Å². The molecule has 0 spiro atoms. The highest BCUT2D eigenvalue weighted by Gasteiger charge is 2.36. The number of ether oxygens (including phenoxy) is 2. The highest BCUT2D eigenvalue weighted by Crippen LogP contribution is 2.39. The summed E-state index contributed by atoms with van der Waals surface area (Å²) in [5.41, 5.74) is 1.93.